The fraction of sp³-hybridized carbons (Fsp3) is 0. The molecular formula is C11H8BrN3O2S. The van der Waals surface area contributed by atoms with E-state index >= 15 is 0 Å². The second kappa shape index (κ2) is 5.36. The number of nitro groups is 1. The molecular weight excluding hydrogens is 318 g/mol. The number of nitrogen functional groups attached to an aromatic ring is 1. The van der Waals surface area contributed by atoms with Crippen molar-refractivity contribution in [2.24, 2.45) is 0 Å². The van der Waals surface area contributed by atoms with Crippen molar-refractivity contribution in [2.45, 2.75) is 9.92 Å². The number of aromatic nitrogens is 1. The van der Waals surface area contributed by atoms with Crippen LogP contribution in [0.5, 0.6) is 0 Å². The Kier molecular flexibility index (Phi) is 3.83. The Morgan fingerprint density at radius 1 is 1.33 bits per heavy atom. The van der Waals surface area contributed by atoms with Gasteiger partial charge in [-0.05, 0) is 24.3 Å². The molecule has 0 saturated heterocycles. The van der Waals surface area contributed by atoms with E-state index in [1.165, 1.54) is 17.8 Å². The monoisotopic (exact) mass is 325 g/mol. The first-order valence-electron chi connectivity index (χ1n) is 4.90. The van der Waals surface area contributed by atoms with Gasteiger partial charge in [-0.1, -0.05) is 33.8 Å². The second-order valence-electron chi connectivity index (χ2n) is 3.37. The summed E-state index contributed by atoms with van der Waals surface area (Å²) in [5.74, 6) is -0.0694. The first-order chi connectivity index (χ1) is 8.56. The Balaban J connectivity index is 2.25. The minimum atomic E-state index is -0.546. The van der Waals surface area contributed by atoms with Gasteiger partial charge in [0.2, 0.25) is 5.82 Å². The summed E-state index contributed by atoms with van der Waals surface area (Å²) in [4.78, 5) is 15.0. The highest BCUT2D eigenvalue weighted by molar-refractivity contribution is 9.10. The summed E-state index contributed by atoms with van der Waals surface area (Å²) < 4.78 is 0.961. The number of rotatable bonds is 3. The highest BCUT2D eigenvalue weighted by Gasteiger charge is 2.13. The van der Waals surface area contributed by atoms with Gasteiger partial charge >= 0.3 is 5.69 Å². The van der Waals surface area contributed by atoms with Crippen LogP contribution in [0.4, 0.5) is 11.5 Å². The zero-order valence-electron chi connectivity index (χ0n) is 9.04. The Morgan fingerprint density at radius 2 is 2.11 bits per heavy atom. The van der Waals surface area contributed by atoms with Gasteiger partial charge in [0.1, 0.15) is 5.03 Å². The van der Waals surface area contributed by atoms with Crippen molar-refractivity contribution in [1.82, 2.24) is 4.98 Å². The van der Waals surface area contributed by atoms with Crippen molar-refractivity contribution in [3.8, 4) is 0 Å². The van der Waals surface area contributed by atoms with Crippen LogP contribution in [0.25, 0.3) is 0 Å². The van der Waals surface area contributed by atoms with Crippen LogP contribution in [0.3, 0.4) is 0 Å². The molecule has 1 aromatic carbocycles. The molecule has 5 nitrogen and oxygen atoms in total. The molecule has 0 bridgehead atoms. The summed E-state index contributed by atoms with van der Waals surface area (Å²) in [5.41, 5.74) is 5.36. The van der Waals surface area contributed by atoms with E-state index in [-0.39, 0.29) is 11.5 Å². The van der Waals surface area contributed by atoms with Crippen LogP contribution in [-0.4, -0.2) is 9.91 Å². The predicted octanol–water partition coefficient (Wildman–Crippen LogP) is 3.49. The van der Waals surface area contributed by atoms with Crippen molar-refractivity contribution in [3.05, 3.63) is 51.0 Å². The molecule has 0 aliphatic rings. The van der Waals surface area contributed by atoms with E-state index in [1.807, 2.05) is 24.3 Å². The molecule has 1 heterocycles. The molecule has 0 atom stereocenters. The van der Waals surface area contributed by atoms with Gasteiger partial charge in [-0.25, -0.2) is 4.98 Å². The topological polar surface area (TPSA) is 82.0 Å². The van der Waals surface area contributed by atoms with E-state index in [0.29, 0.717) is 5.03 Å². The summed E-state index contributed by atoms with van der Waals surface area (Å²) in [6.45, 7) is 0. The lowest BCUT2D eigenvalue weighted by molar-refractivity contribution is -0.384. The zero-order chi connectivity index (χ0) is 13.1. The van der Waals surface area contributed by atoms with E-state index in [0.717, 1.165) is 9.37 Å². The fourth-order valence-corrected chi connectivity index (χ4v) is 2.72. The number of nitrogens with two attached hydrogens (primary N) is 1. The molecule has 2 N–H and O–H groups in total. The maximum atomic E-state index is 10.6. The molecule has 0 aliphatic carbocycles. The van der Waals surface area contributed by atoms with E-state index in [1.54, 1.807) is 6.07 Å². The van der Waals surface area contributed by atoms with Crippen molar-refractivity contribution in [3.63, 3.8) is 0 Å². The van der Waals surface area contributed by atoms with Crippen LogP contribution in [-0.2, 0) is 0 Å². The molecule has 0 amide bonds. The minimum absolute atomic E-state index is 0.0694. The van der Waals surface area contributed by atoms with Gasteiger partial charge in [0, 0.05) is 15.4 Å². The average molecular weight is 326 g/mol. The zero-order valence-corrected chi connectivity index (χ0v) is 11.4. The van der Waals surface area contributed by atoms with Gasteiger partial charge in [-0.2, -0.15) is 0 Å². The summed E-state index contributed by atoms with van der Waals surface area (Å²) in [7, 11) is 0. The first kappa shape index (κ1) is 12.8. The first-order valence-corrected chi connectivity index (χ1v) is 6.51. The molecule has 0 aliphatic heterocycles. The lowest BCUT2D eigenvalue weighted by Gasteiger charge is -2.02. The molecule has 0 spiro atoms. The van der Waals surface area contributed by atoms with Crippen LogP contribution in [0.1, 0.15) is 0 Å². The lowest BCUT2D eigenvalue weighted by Crippen LogP contribution is -1.98. The van der Waals surface area contributed by atoms with E-state index < -0.39 is 4.92 Å². The Bertz CT molecular complexity index is 607. The van der Waals surface area contributed by atoms with Crippen molar-refractivity contribution in [2.75, 3.05) is 5.73 Å². The smallest absolute Gasteiger partial charge is 0.311 e. The van der Waals surface area contributed by atoms with E-state index in [2.05, 4.69) is 20.9 Å². The van der Waals surface area contributed by atoms with Crippen LogP contribution in [0, 0.1) is 10.1 Å². The molecule has 0 fully saturated rings. The predicted molar refractivity (Wildman–Crippen MR) is 73.6 cm³/mol. The van der Waals surface area contributed by atoms with E-state index in [9.17, 15) is 10.1 Å². The van der Waals surface area contributed by atoms with Crippen molar-refractivity contribution < 1.29 is 4.92 Å². The number of halogens is 1. The molecule has 0 unspecified atom stereocenters. The number of hydrogen-bond donors (Lipinski definition) is 1. The van der Waals surface area contributed by atoms with Gasteiger partial charge < -0.3 is 5.73 Å². The number of anilines is 1. The number of benzene rings is 1. The minimum Gasteiger partial charge on any atom is -0.378 e. The Morgan fingerprint density at radius 3 is 2.72 bits per heavy atom. The normalized spacial score (nSPS) is 10.3. The summed E-state index contributed by atoms with van der Waals surface area (Å²) in [6.07, 6.45) is 0. The Hall–Kier alpha value is -1.60. The van der Waals surface area contributed by atoms with Gasteiger partial charge in [0.25, 0.3) is 0 Å². The molecule has 1 aromatic heterocycles. The quantitative estimate of drug-likeness (QED) is 0.690. The summed E-state index contributed by atoms with van der Waals surface area (Å²) in [6, 6.07) is 10.6. The van der Waals surface area contributed by atoms with Crippen LogP contribution in [0.2, 0.25) is 0 Å². The second-order valence-corrected chi connectivity index (χ2v) is 5.38. The molecule has 0 radical (unpaired) electrons. The highest BCUT2D eigenvalue weighted by atomic mass is 79.9. The van der Waals surface area contributed by atoms with E-state index in [4.69, 9.17) is 5.73 Å². The lowest BCUT2D eigenvalue weighted by atomic mass is 10.4. The van der Waals surface area contributed by atoms with Crippen LogP contribution in [0.15, 0.2) is 50.8 Å². The van der Waals surface area contributed by atoms with Crippen LogP contribution < -0.4 is 5.73 Å². The molecule has 7 heteroatoms. The third-order valence-corrected chi connectivity index (χ3v) is 3.51. The molecule has 2 aromatic rings. The maximum Gasteiger partial charge on any atom is 0.311 e. The Labute approximate surface area is 116 Å². The largest absolute Gasteiger partial charge is 0.378 e. The summed E-state index contributed by atoms with van der Waals surface area (Å²) >= 11 is 4.77. The van der Waals surface area contributed by atoms with Crippen molar-refractivity contribution in [1.29, 1.82) is 0 Å². The van der Waals surface area contributed by atoms with Gasteiger partial charge in [-0.15, -0.1) is 0 Å². The van der Waals surface area contributed by atoms with Gasteiger partial charge in [0.15, 0.2) is 0 Å². The third kappa shape index (κ3) is 2.99. The van der Waals surface area contributed by atoms with Gasteiger partial charge in [0.05, 0.1) is 4.92 Å². The molecule has 0 saturated carbocycles. The highest BCUT2D eigenvalue weighted by Crippen LogP contribution is 2.30. The standard InChI is InChI=1S/C11H8BrN3O2S/c12-7-2-1-3-8(6-7)18-10-5-4-9(15(16)17)11(13)14-10/h1-6H,(H2,13,14). The summed E-state index contributed by atoms with van der Waals surface area (Å²) in [5, 5.41) is 11.2. The molecule has 2 rings (SSSR count). The average Bonchev–Trinajstić information content (AvgIpc) is 2.28. The maximum absolute atomic E-state index is 10.6. The van der Waals surface area contributed by atoms with Gasteiger partial charge in [-0.3, -0.25) is 10.1 Å². The SMILES string of the molecule is Nc1nc(Sc2cccc(Br)c2)ccc1[N+](=O)[O-]. The number of hydrogen-bond acceptors (Lipinski definition) is 5. The van der Waals surface area contributed by atoms with Crippen LogP contribution >= 0.6 is 27.7 Å². The molecule has 18 heavy (non-hydrogen) atoms. The molecule has 92 valence electrons. The fourth-order valence-electron chi connectivity index (χ4n) is 1.31. The number of nitrogens with zero attached hydrogens (tertiary/aromatic N) is 2. The third-order valence-electron chi connectivity index (χ3n) is 2.09. The van der Waals surface area contributed by atoms with Crippen molar-refractivity contribution >= 4 is 39.2 Å². The number of pyridine rings is 1.